The minimum Gasteiger partial charge on any atom is -0.274 e. The van der Waals surface area contributed by atoms with E-state index in [4.69, 9.17) is 4.84 Å². The van der Waals surface area contributed by atoms with E-state index >= 15 is 0 Å². The minimum atomic E-state index is -4.70. The third kappa shape index (κ3) is 4.85. The fourth-order valence-electron chi connectivity index (χ4n) is 2.20. The SMILES string of the molecule is CCON(CC)c1ccc(N=Nc2ccc(N=O)c(C(F)(F)F)c2)cc1. The van der Waals surface area contributed by atoms with Gasteiger partial charge in [0.25, 0.3) is 0 Å². The van der Waals surface area contributed by atoms with Gasteiger partial charge in [0.2, 0.25) is 0 Å². The van der Waals surface area contributed by atoms with Crippen LogP contribution in [0.5, 0.6) is 0 Å². The number of hydrogen-bond acceptors (Lipinski definition) is 6. The molecule has 138 valence electrons. The van der Waals surface area contributed by atoms with Crippen molar-refractivity contribution in [1.82, 2.24) is 0 Å². The molecule has 0 radical (unpaired) electrons. The van der Waals surface area contributed by atoms with Gasteiger partial charge >= 0.3 is 6.18 Å². The Kier molecular flexibility index (Phi) is 6.40. The molecule has 0 saturated heterocycles. The normalized spacial score (nSPS) is 11.7. The van der Waals surface area contributed by atoms with Crippen LogP contribution >= 0.6 is 0 Å². The topological polar surface area (TPSA) is 66.6 Å². The number of rotatable bonds is 7. The number of anilines is 1. The summed E-state index contributed by atoms with van der Waals surface area (Å²) in [6.07, 6.45) is -4.70. The van der Waals surface area contributed by atoms with Crippen LogP contribution < -0.4 is 5.06 Å². The lowest BCUT2D eigenvalue weighted by atomic mass is 10.1. The van der Waals surface area contributed by atoms with E-state index in [0.717, 1.165) is 17.8 Å². The van der Waals surface area contributed by atoms with Crippen molar-refractivity contribution in [2.45, 2.75) is 20.0 Å². The van der Waals surface area contributed by atoms with Crippen molar-refractivity contribution >= 4 is 22.7 Å². The first-order valence-corrected chi connectivity index (χ1v) is 7.86. The van der Waals surface area contributed by atoms with Gasteiger partial charge < -0.3 is 0 Å². The second kappa shape index (κ2) is 8.52. The zero-order valence-corrected chi connectivity index (χ0v) is 14.2. The van der Waals surface area contributed by atoms with Crippen LogP contribution in [0.25, 0.3) is 0 Å². The molecule has 0 N–H and O–H groups in total. The van der Waals surface area contributed by atoms with Crippen LogP contribution in [0.1, 0.15) is 19.4 Å². The number of hydroxylamine groups is 1. The maximum absolute atomic E-state index is 12.9. The number of hydrogen-bond donors (Lipinski definition) is 0. The lowest BCUT2D eigenvalue weighted by molar-refractivity contribution is -0.137. The molecule has 0 heterocycles. The summed E-state index contributed by atoms with van der Waals surface area (Å²) in [4.78, 5) is 16.0. The van der Waals surface area contributed by atoms with Crippen LogP contribution in [0.4, 0.5) is 35.9 Å². The van der Waals surface area contributed by atoms with Gasteiger partial charge in [0.15, 0.2) is 0 Å². The fraction of sp³-hybridized carbons (Fsp3) is 0.294. The number of azo groups is 1. The van der Waals surface area contributed by atoms with Crippen LogP contribution in [-0.2, 0) is 11.0 Å². The predicted molar refractivity (Wildman–Crippen MR) is 92.2 cm³/mol. The Hall–Kier alpha value is -2.81. The van der Waals surface area contributed by atoms with Crippen LogP contribution in [0.15, 0.2) is 57.9 Å². The molecule has 2 rings (SSSR count). The number of halogens is 3. The molecule has 0 atom stereocenters. The molecule has 0 aliphatic heterocycles. The molecule has 0 fully saturated rings. The molecular weight excluding hydrogens is 349 g/mol. The monoisotopic (exact) mass is 366 g/mol. The van der Waals surface area contributed by atoms with Crippen molar-refractivity contribution < 1.29 is 18.0 Å². The first kappa shape index (κ1) is 19.5. The maximum Gasteiger partial charge on any atom is 0.418 e. The summed E-state index contributed by atoms with van der Waals surface area (Å²) in [6, 6.07) is 9.84. The third-order valence-corrected chi connectivity index (χ3v) is 3.37. The average Bonchev–Trinajstić information content (AvgIpc) is 2.64. The summed E-state index contributed by atoms with van der Waals surface area (Å²) in [6.45, 7) is 5.01. The molecule has 0 aromatic heterocycles. The Morgan fingerprint density at radius 3 is 2.15 bits per heavy atom. The highest BCUT2D eigenvalue weighted by molar-refractivity contribution is 5.56. The first-order chi connectivity index (χ1) is 12.4. The van der Waals surface area contributed by atoms with Gasteiger partial charge in [0.1, 0.15) is 5.69 Å². The molecule has 0 unspecified atom stereocenters. The van der Waals surface area contributed by atoms with E-state index in [9.17, 15) is 18.1 Å². The molecule has 0 saturated carbocycles. The summed E-state index contributed by atoms with van der Waals surface area (Å²) in [5.74, 6) is 0. The summed E-state index contributed by atoms with van der Waals surface area (Å²) < 4.78 is 38.7. The van der Waals surface area contributed by atoms with E-state index in [1.807, 2.05) is 13.8 Å². The van der Waals surface area contributed by atoms with E-state index in [-0.39, 0.29) is 5.69 Å². The van der Waals surface area contributed by atoms with Crippen molar-refractivity contribution in [3.63, 3.8) is 0 Å². The first-order valence-electron chi connectivity index (χ1n) is 7.86. The summed E-state index contributed by atoms with van der Waals surface area (Å²) in [7, 11) is 0. The van der Waals surface area contributed by atoms with Gasteiger partial charge in [-0.25, -0.2) is 0 Å². The Balaban J connectivity index is 2.21. The Bertz CT molecular complexity index is 777. The third-order valence-electron chi connectivity index (χ3n) is 3.37. The number of nitroso groups, excluding NO2 is 1. The number of alkyl halides is 3. The average molecular weight is 366 g/mol. The standard InChI is InChI=1S/C17H17F3N4O2/c1-3-24(26-4-2)14-8-5-12(6-9-14)21-22-13-7-10-16(23-25)15(11-13)17(18,19)20/h5-11H,3-4H2,1-2H3. The zero-order chi connectivity index (χ0) is 19.2. The highest BCUT2D eigenvalue weighted by Crippen LogP contribution is 2.38. The van der Waals surface area contributed by atoms with Gasteiger partial charge in [-0.15, -0.1) is 4.91 Å². The number of nitrogens with zero attached hydrogens (tertiary/aromatic N) is 4. The molecular formula is C17H17F3N4O2. The van der Waals surface area contributed by atoms with Crippen molar-refractivity contribution in [3.8, 4) is 0 Å². The van der Waals surface area contributed by atoms with E-state index in [1.165, 1.54) is 6.07 Å². The van der Waals surface area contributed by atoms with Gasteiger partial charge in [-0.3, -0.25) is 9.90 Å². The van der Waals surface area contributed by atoms with Crippen molar-refractivity contribution in [1.29, 1.82) is 0 Å². The summed E-state index contributed by atoms with van der Waals surface area (Å²) >= 11 is 0. The molecule has 0 aliphatic rings. The lowest BCUT2D eigenvalue weighted by Gasteiger charge is -2.21. The maximum atomic E-state index is 12.9. The largest absolute Gasteiger partial charge is 0.418 e. The van der Waals surface area contributed by atoms with Gasteiger partial charge in [0.05, 0.1) is 29.2 Å². The van der Waals surface area contributed by atoms with E-state index < -0.39 is 17.4 Å². The lowest BCUT2D eigenvalue weighted by Crippen LogP contribution is -2.22. The Labute approximate surface area is 148 Å². The van der Waals surface area contributed by atoms with Crippen molar-refractivity contribution in [3.05, 3.63) is 52.9 Å². The van der Waals surface area contributed by atoms with E-state index in [2.05, 4.69) is 15.4 Å². The summed E-state index contributed by atoms with van der Waals surface area (Å²) in [5, 5.41) is 11.8. The summed E-state index contributed by atoms with van der Waals surface area (Å²) in [5.41, 5.74) is -0.564. The quantitative estimate of drug-likeness (QED) is 0.328. The second-order valence-electron chi connectivity index (χ2n) is 5.12. The molecule has 2 aromatic rings. The highest BCUT2D eigenvalue weighted by atomic mass is 19.4. The molecule has 6 nitrogen and oxygen atoms in total. The fourth-order valence-corrected chi connectivity index (χ4v) is 2.20. The second-order valence-corrected chi connectivity index (χ2v) is 5.12. The molecule has 0 bridgehead atoms. The molecule has 2 aromatic carbocycles. The molecule has 9 heteroatoms. The van der Waals surface area contributed by atoms with Crippen LogP contribution in [-0.4, -0.2) is 13.2 Å². The molecule has 0 aliphatic carbocycles. The minimum absolute atomic E-state index is 0.0293. The molecule has 0 amide bonds. The van der Waals surface area contributed by atoms with Gasteiger partial charge in [0, 0.05) is 6.54 Å². The smallest absolute Gasteiger partial charge is 0.274 e. The predicted octanol–water partition coefficient (Wildman–Crippen LogP) is 6.30. The van der Waals surface area contributed by atoms with E-state index in [1.54, 1.807) is 29.3 Å². The molecule has 0 spiro atoms. The van der Waals surface area contributed by atoms with Crippen LogP contribution in [0, 0.1) is 4.91 Å². The van der Waals surface area contributed by atoms with Crippen LogP contribution in [0.2, 0.25) is 0 Å². The zero-order valence-electron chi connectivity index (χ0n) is 14.2. The Morgan fingerprint density at radius 1 is 1.00 bits per heavy atom. The van der Waals surface area contributed by atoms with Gasteiger partial charge in [-0.2, -0.15) is 23.4 Å². The van der Waals surface area contributed by atoms with Crippen molar-refractivity contribution in [2.75, 3.05) is 18.2 Å². The Morgan fingerprint density at radius 2 is 1.62 bits per heavy atom. The van der Waals surface area contributed by atoms with Gasteiger partial charge in [-0.1, -0.05) is 0 Å². The van der Waals surface area contributed by atoms with Crippen molar-refractivity contribution in [2.24, 2.45) is 15.4 Å². The van der Waals surface area contributed by atoms with E-state index in [0.29, 0.717) is 18.8 Å². The number of benzene rings is 2. The molecule has 26 heavy (non-hydrogen) atoms. The van der Waals surface area contributed by atoms with Crippen LogP contribution in [0.3, 0.4) is 0 Å². The van der Waals surface area contributed by atoms with Gasteiger partial charge in [-0.05, 0) is 61.5 Å². The highest BCUT2D eigenvalue weighted by Gasteiger charge is 2.34.